The van der Waals surface area contributed by atoms with Crippen molar-refractivity contribution in [1.82, 2.24) is 4.98 Å². The quantitative estimate of drug-likeness (QED) is 0.728. The molecule has 0 saturated heterocycles. The van der Waals surface area contributed by atoms with Gasteiger partial charge in [0.05, 0.1) is 11.6 Å². The van der Waals surface area contributed by atoms with Gasteiger partial charge in [-0.25, -0.2) is 4.98 Å². The molecule has 0 aliphatic carbocycles. The number of nitrogens with zero attached hydrogens (tertiary/aromatic N) is 2. The van der Waals surface area contributed by atoms with Crippen LogP contribution in [-0.2, 0) is 5.88 Å². The van der Waals surface area contributed by atoms with E-state index in [9.17, 15) is 0 Å². The molecule has 0 radical (unpaired) electrons. The van der Waals surface area contributed by atoms with Crippen molar-refractivity contribution in [2.24, 2.45) is 0 Å². The van der Waals surface area contributed by atoms with E-state index in [1.54, 1.807) is 0 Å². The smallest absolute Gasteiger partial charge is 0.128 e. The maximum atomic E-state index is 5.79. The highest BCUT2D eigenvalue weighted by Crippen LogP contribution is 2.17. The molecule has 1 atom stereocenters. The first kappa shape index (κ1) is 13.7. The lowest BCUT2D eigenvalue weighted by Gasteiger charge is -2.28. The van der Waals surface area contributed by atoms with Crippen molar-refractivity contribution >= 4 is 29.2 Å². The molecule has 90 valence electrons. The van der Waals surface area contributed by atoms with Gasteiger partial charge >= 0.3 is 0 Å². The molecule has 1 aromatic heterocycles. The van der Waals surface area contributed by atoms with Crippen LogP contribution in [0.3, 0.4) is 0 Å². The number of thioether (sulfide) groups is 1. The number of anilines is 1. The van der Waals surface area contributed by atoms with Crippen molar-refractivity contribution in [2.75, 3.05) is 24.0 Å². The van der Waals surface area contributed by atoms with Crippen molar-refractivity contribution in [3.05, 3.63) is 23.9 Å². The molecule has 0 amide bonds. The molecule has 16 heavy (non-hydrogen) atoms. The van der Waals surface area contributed by atoms with Gasteiger partial charge in [-0.2, -0.15) is 11.8 Å². The van der Waals surface area contributed by atoms with E-state index in [-0.39, 0.29) is 0 Å². The standard InChI is InChI=1S/C12H19ClN2S/c1-4-11(9-16-3)15(2)12-7-5-6-10(8-13)14-12/h5-7,11H,4,8-9H2,1-3H3. The van der Waals surface area contributed by atoms with Crippen LogP contribution in [0.4, 0.5) is 5.82 Å². The number of halogens is 1. The molecular formula is C12H19ClN2S. The molecule has 0 aromatic carbocycles. The number of hydrogen-bond acceptors (Lipinski definition) is 3. The third kappa shape index (κ3) is 3.56. The molecule has 2 nitrogen and oxygen atoms in total. The SMILES string of the molecule is CCC(CSC)N(C)c1cccc(CCl)n1. The van der Waals surface area contributed by atoms with Crippen molar-refractivity contribution in [3.8, 4) is 0 Å². The van der Waals surface area contributed by atoms with Gasteiger partial charge in [0.2, 0.25) is 0 Å². The summed E-state index contributed by atoms with van der Waals surface area (Å²) < 4.78 is 0. The molecule has 0 aliphatic heterocycles. The minimum absolute atomic E-state index is 0.473. The first-order valence-corrected chi connectivity index (χ1v) is 7.39. The second-order valence-corrected chi connectivity index (χ2v) is 4.93. The van der Waals surface area contributed by atoms with Crippen molar-refractivity contribution in [2.45, 2.75) is 25.3 Å². The lowest BCUT2D eigenvalue weighted by Crippen LogP contribution is -2.33. The lowest BCUT2D eigenvalue weighted by atomic mass is 10.2. The number of pyridine rings is 1. The Morgan fingerprint density at radius 2 is 2.25 bits per heavy atom. The minimum Gasteiger partial charge on any atom is -0.356 e. The first-order valence-electron chi connectivity index (χ1n) is 5.46. The van der Waals surface area contributed by atoms with Crippen molar-refractivity contribution < 1.29 is 0 Å². The van der Waals surface area contributed by atoms with E-state index in [1.807, 2.05) is 30.0 Å². The highest BCUT2D eigenvalue weighted by molar-refractivity contribution is 7.98. The van der Waals surface area contributed by atoms with Crippen LogP contribution < -0.4 is 4.90 Å². The number of rotatable bonds is 6. The molecule has 0 saturated carbocycles. The maximum Gasteiger partial charge on any atom is 0.128 e. The average Bonchev–Trinajstić information content (AvgIpc) is 2.35. The fourth-order valence-corrected chi connectivity index (χ4v) is 2.61. The molecule has 1 heterocycles. The maximum absolute atomic E-state index is 5.79. The normalized spacial score (nSPS) is 12.5. The Morgan fingerprint density at radius 3 is 2.81 bits per heavy atom. The van der Waals surface area contributed by atoms with E-state index in [0.29, 0.717) is 11.9 Å². The summed E-state index contributed by atoms with van der Waals surface area (Å²) in [5.74, 6) is 2.61. The molecule has 0 aliphatic rings. The summed E-state index contributed by atoms with van der Waals surface area (Å²) in [7, 11) is 2.10. The van der Waals surface area contributed by atoms with E-state index in [1.165, 1.54) is 0 Å². The average molecular weight is 259 g/mol. The van der Waals surface area contributed by atoms with Gasteiger partial charge in [-0.3, -0.25) is 0 Å². The Bertz CT molecular complexity index is 320. The fraction of sp³-hybridized carbons (Fsp3) is 0.583. The Balaban J connectivity index is 2.80. The second-order valence-electron chi connectivity index (χ2n) is 3.75. The summed E-state index contributed by atoms with van der Waals surface area (Å²) in [6.45, 7) is 2.21. The van der Waals surface area contributed by atoms with Crippen LogP contribution in [-0.4, -0.2) is 30.1 Å². The third-order valence-electron chi connectivity index (χ3n) is 2.67. The van der Waals surface area contributed by atoms with Crippen LogP contribution in [0.5, 0.6) is 0 Å². The van der Waals surface area contributed by atoms with Gasteiger partial charge in [0.25, 0.3) is 0 Å². The van der Waals surface area contributed by atoms with Crippen LogP contribution in [0.15, 0.2) is 18.2 Å². The van der Waals surface area contributed by atoms with Crippen molar-refractivity contribution in [1.29, 1.82) is 0 Å². The highest BCUT2D eigenvalue weighted by atomic mass is 35.5. The van der Waals surface area contributed by atoms with Crippen LogP contribution in [0.25, 0.3) is 0 Å². The van der Waals surface area contributed by atoms with Crippen LogP contribution in [0, 0.1) is 0 Å². The van der Waals surface area contributed by atoms with Crippen LogP contribution in [0.2, 0.25) is 0 Å². The molecule has 4 heteroatoms. The van der Waals surface area contributed by atoms with Gasteiger partial charge in [0, 0.05) is 18.8 Å². The predicted octanol–water partition coefficient (Wildman–Crippen LogP) is 3.40. The molecule has 1 unspecified atom stereocenters. The van der Waals surface area contributed by atoms with Gasteiger partial charge in [0.1, 0.15) is 5.82 Å². The van der Waals surface area contributed by atoms with E-state index < -0.39 is 0 Å². The van der Waals surface area contributed by atoms with Gasteiger partial charge in [-0.05, 0) is 24.8 Å². The molecule has 0 fully saturated rings. The Kier molecular flexibility index (Phi) is 5.99. The summed E-state index contributed by atoms with van der Waals surface area (Å²) in [6.07, 6.45) is 3.27. The lowest BCUT2D eigenvalue weighted by molar-refractivity contribution is 0.665. The largest absolute Gasteiger partial charge is 0.356 e. The van der Waals surface area contributed by atoms with Crippen LogP contribution in [0.1, 0.15) is 19.0 Å². The zero-order chi connectivity index (χ0) is 12.0. The van der Waals surface area contributed by atoms with E-state index in [4.69, 9.17) is 11.6 Å². The van der Waals surface area contributed by atoms with Gasteiger partial charge in [-0.1, -0.05) is 13.0 Å². The molecular weight excluding hydrogens is 240 g/mol. The molecule has 1 rings (SSSR count). The van der Waals surface area contributed by atoms with E-state index >= 15 is 0 Å². The minimum atomic E-state index is 0.473. The number of aromatic nitrogens is 1. The zero-order valence-electron chi connectivity index (χ0n) is 10.1. The third-order valence-corrected chi connectivity index (χ3v) is 3.66. The fourth-order valence-electron chi connectivity index (χ4n) is 1.62. The molecule has 0 spiro atoms. The van der Waals surface area contributed by atoms with E-state index in [0.717, 1.165) is 23.7 Å². The van der Waals surface area contributed by atoms with Crippen molar-refractivity contribution in [3.63, 3.8) is 0 Å². The second kappa shape index (κ2) is 7.02. The number of hydrogen-bond donors (Lipinski definition) is 0. The topological polar surface area (TPSA) is 16.1 Å². The number of alkyl halides is 1. The zero-order valence-corrected chi connectivity index (χ0v) is 11.7. The summed E-state index contributed by atoms with van der Waals surface area (Å²) in [5, 5.41) is 0. The Hall–Kier alpha value is -0.410. The summed E-state index contributed by atoms with van der Waals surface area (Å²) >= 11 is 7.66. The summed E-state index contributed by atoms with van der Waals surface area (Å²) in [5.41, 5.74) is 0.935. The van der Waals surface area contributed by atoms with E-state index in [2.05, 4.69) is 30.1 Å². The summed E-state index contributed by atoms with van der Waals surface area (Å²) in [4.78, 5) is 6.77. The summed E-state index contributed by atoms with van der Waals surface area (Å²) in [6, 6.07) is 6.55. The van der Waals surface area contributed by atoms with Gasteiger partial charge in [-0.15, -0.1) is 11.6 Å². The van der Waals surface area contributed by atoms with Gasteiger partial charge in [0.15, 0.2) is 0 Å². The first-order chi connectivity index (χ1) is 7.72. The van der Waals surface area contributed by atoms with Crippen LogP contribution >= 0.6 is 23.4 Å². The Morgan fingerprint density at radius 1 is 1.50 bits per heavy atom. The molecule has 1 aromatic rings. The Labute approximate surface area is 107 Å². The highest BCUT2D eigenvalue weighted by Gasteiger charge is 2.13. The predicted molar refractivity (Wildman–Crippen MR) is 74.7 cm³/mol. The monoisotopic (exact) mass is 258 g/mol. The molecule has 0 bridgehead atoms. The van der Waals surface area contributed by atoms with Gasteiger partial charge < -0.3 is 4.90 Å². The molecule has 0 N–H and O–H groups in total.